The number of fused-ring (bicyclic) bond motifs is 5. The highest BCUT2D eigenvalue weighted by molar-refractivity contribution is 5.85. The van der Waals surface area contributed by atoms with E-state index in [-0.39, 0.29) is 21.7 Å². The molecule has 4 aliphatic rings. The molecule has 7 atom stereocenters. The summed E-state index contributed by atoms with van der Waals surface area (Å²) in [5.41, 5.74) is 2.21. The maximum Gasteiger partial charge on any atom is 0.303 e. The summed E-state index contributed by atoms with van der Waals surface area (Å²) in [5, 5.41) is 9.17. The molecule has 3 saturated carbocycles. The lowest BCUT2D eigenvalue weighted by molar-refractivity contribution is -0.146. The van der Waals surface area contributed by atoms with E-state index in [0.29, 0.717) is 35.9 Å². The number of carbonyl (C=O) groups excluding carboxylic acids is 1. The second-order valence-electron chi connectivity index (χ2n) is 12.5. The maximum absolute atomic E-state index is 12.7. The van der Waals surface area contributed by atoms with Crippen LogP contribution in [0.3, 0.4) is 0 Å². The largest absolute Gasteiger partial charge is 0.481 e. The predicted octanol–water partition coefficient (Wildman–Crippen LogP) is 6.66. The van der Waals surface area contributed by atoms with Crippen molar-refractivity contribution in [2.24, 2.45) is 45.3 Å². The molecule has 0 aromatic rings. The molecule has 0 bridgehead atoms. The molecule has 0 aromatic carbocycles. The van der Waals surface area contributed by atoms with Gasteiger partial charge in [0.25, 0.3) is 0 Å². The van der Waals surface area contributed by atoms with Crippen molar-refractivity contribution in [1.29, 1.82) is 0 Å². The zero-order valence-electron chi connectivity index (χ0n) is 20.0. The molecule has 0 aromatic heterocycles. The zero-order valence-corrected chi connectivity index (χ0v) is 20.0. The van der Waals surface area contributed by atoms with Crippen LogP contribution in [0.25, 0.3) is 0 Å². The molecule has 0 amide bonds. The Bertz CT molecular complexity index is 779. The van der Waals surface area contributed by atoms with Gasteiger partial charge in [-0.2, -0.15) is 0 Å². The standard InChI is InChI=1S/C27H42O3/c1-17(7-10-23(29)30)18-11-15-27(6)20-8-9-21-24(2,3)22(28)13-14-25(21,4)19(20)12-16-26(18,27)5/h8,17-19,21H,7,9-16H2,1-6H3,(H,29,30)/t17?,18-,19-,21-,25+,26-,27+/m0/s1. The van der Waals surface area contributed by atoms with Gasteiger partial charge in [0.1, 0.15) is 5.78 Å². The van der Waals surface area contributed by atoms with Crippen LogP contribution in [-0.2, 0) is 9.59 Å². The summed E-state index contributed by atoms with van der Waals surface area (Å²) < 4.78 is 0. The highest BCUT2D eigenvalue weighted by Crippen LogP contribution is 2.73. The van der Waals surface area contributed by atoms with Crippen LogP contribution in [-0.4, -0.2) is 16.9 Å². The Morgan fingerprint density at radius 2 is 1.83 bits per heavy atom. The van der Waals surface area contributed by atoms with Crippen LogP contribution >= 0.6 is 0 Å². The molecule has 3 nitrogen and oxygen atoms in total. The molecule has 168 valence electrons. The summed E-state index contributed by atoms with van der Waals surface area (Å²) in [5.74, 6) is 1.93. The van der Waals surface area contributed by atoms with Crippen LogP contribution < -0.4 is 0 Å². The van der Waals surface area contributed by atoms with Gasteiger partial charge in [-0.25, -0.2) is 0 Å². The molecule has 3 fully saturated rings. The number of Topliss-reactive ketones (excluding diaryl/α,β-unsaturated/α-hetero) is 1. The number of rotatable bonds is 4. The number of allylic oxidation sites excluding steroid dienone is 2. The first kappa shape index (κ1) is 22.1. The van der Waals surface area contributed by atoms with Gasteiger partial charge in [0, 0.05) is 18.3 Å². The van der Waals surface area contributed by atoms with Crippen molar-refractivity contribution >= 4 is 11.8 Å². The molecular formula is C27H42O3. The number of hydrogen-bond donors (Lipinski definition) is 1. The molecule has 0 radical (unpaired) electrons. The number of ketones is 1. The molecule has 0 heterocycles. The first-order chi connectivity index (χ1) is 13.9. The fourth-order valence-electron chi connectivity index (χ4n) is 9.02. The molecule has 0 spiro atoms. The Balaban J connectivity index is 1.66. The fraction of sp³-hybridized carbons (Fsp3) is 0.852. The third-order valence-corrected chi connectivity index (χ3v) is 11.1. The lowest BCUT2D eigenvalue weighted by Crippen LogP contribution is -2.57. The van der Waals surface area contributed by atoms with Gasteiger partial charge in [-0.3, -0.25) is 9.59 Å². The summed E-state index contributed by atoms with van der Waals surface area (Å²) in [7, 11) is 0. The third-order valence-electron chi connectivity index (χ3n) is 11.1. The van der Waals surface area contributed by atoms with Crippen molar-refractivity contribution in [3.8, 4) is 0 Å². The summed E-state index contributed by atoms with van der Waals surface area (Å²) >= 11 is 0. The fourth-order valence-corrected chi connectivity index (χ4v) is 9.02. The second kappa shape index (κ2) is 6.94. The quantitative estimate of drug-likeness (QED) is 0.523. The highest BCUT2D eigenvalue weighted by Gasteiger charge is 2.65. The molecule has 0 aliphatic heterocycles. The molecule has 3 heteroatoms. The molecule has 30 heavy (non-hydrogen) atoms. The van der Waals surface area contributed by atoms with E-state index in [1.165, 1.54) is 25.7 Å². The van der Waals surface area contributed by atoms with Crippen molar-refractivity contribution < 1.29 is 14.7 Å². The maximum atomic E-state index is 12.7. The van der Waals surface area contributed by atoms with Crippen LogP contribution in [0, 0.1) is 45.3 Å². The Hall–Kier alpha value is -1.12. The smallest absolute Gasteiger partial charge is 0.303 e. The normalized spacial score (nSPS) is 45.7. The van der Waals surface area contributed by atoms with Gasteiger partial charge in [-0.05, 0) is 84.9 Å². The lowest BCUT2D eigenvalue weighted by Gasteiger charge is -2.63. The van der Waals surface area contributed by atoms with Gasteiger partial charge in [-0.15, -0.1) is 0 Å². The number of carboxylic acid groups (broad SMARTS) is 1. The van der Waals surface area contributed by atoms with Crippen molar-refractivity contribution in [3.05, 3.63) is 11.6 Å². The summed E-state index contributed by atoms with van der Waals surface area (Å²) in [6, 6.07) is 0. The van der Waals surface area contributed by atoms with Crippen molar-refractivity contribution in [2.75, 3.05) is 0 Å². The van der Waals surface area contributed by atoms with Gasteiger partial charge in [0.15, 0.2) is 0 Å². The van der Waals surface area contributed by atoms with E-state index in [1.807, 2.05) is 0 Å². The predicted molar refractivity (Wildman–Crippen MR) is 120 cm³/mol. The lowest BCUT2D eigenvalue weighted by atomic mass is 9.41. The summed E-state index contributed by atoms with van der Waals surface area (Å²) in [6.45, 7) is 14.2. The number of carboxylic acids is 1. The Morgan fingerprint density at radius 1 is 1.13 bits per heavy atom. The van der Waals surface area contributed by atoms with E-state index in [9.17, 15) is 14.7 Å². The minimum Gasteiger partial charge on any atom is -0.481 e. The van der Waals surface area contributed by atoms with E-state index < -0.39 is 5.97 Å². The van der Waals surface area contributed by atoms with Gasteiger partial charge < -0.3 is 5.11 Å². The molecule has 0 saturated heterocycles. The minimum atomic E-state index is -0.667. The van der Waals surface area contributed by atoms with Gasteiger partial charge in [-0.1, -0.05) is 53.2 Å². The number of hydrogen-bond acceptors (Lipinski definition) is 2. The topological polar surface area (TPSA) is 54.4 Å². The van der Waals surface area contributed by atoms with Gasteiger partial charge in [0.05, 0.1) is 0 Å². The van der Waals surface area contributed by atoms with Crippen LogP contribution in [0.1, 0.15) is 99.3 Å². The monoisotopic (exact) mass is 414 g/mol. The highest BCUT2D eigenvalue weighted by atomic mass is 16.4. The molecule has 1 N–H and O–H groups in total. The first-order valence-electron chi connectivity index (χ1n) is 12.3. The third kappa shape index (κ3) is 2.82. The molecular weight excluding hydrogens is 372 g/mol. The van der Waals surface area contributed by atoms with Gasteiger partial charge >= 0.3 is 5.97 Å². The zero-order chi connectivity index (χ0) is 22.1. The average Bonchev–Trinajstić information content (AvgIpc) is 2.95. The van der Waals surface area contributed by atoms with Crippen LogP contribution in [0.15, 0.2) is 11.6 Å². The van der Waals surface area contributed by atoms with Crippen molar-refractivity contribution in [1.82, 2.24) is 0 Å². The van der Waals surface area contributed by atoms with Crippen LogP contribution in [0.4, 0.5) is 0 Å². The second-order valence-corrected chi connectivity index (χ2v) is 12.5. The van der Waals surface area contributed by atoms with Gasteiger partial charge in [0.2, 0.25) is 0 Å². The Morgan fingerprint density at radius 3 is 2.50 bits per heavy atom. The Labute approximate surface area is 183 Å². The summed E-state index contributed by atoms with van der Waals surface area (Å²) in [4.78, 5) is 23.9. The van der Waals surface area contributed by atoms with E-state index >= 15 is 0 Å². The van der Waals surface area contributed by atoms with E-state index in [4.69, 9.17) is 0 Å². The minimum absolute atomic E-state index is 0.208. The average molecular weight is 415 g/mol. The van der Waals surface area contributed by atoms with E-state index in [0.717, 1.165) is 25.7 Å². The SMILES string of the molecule is CC(CCC(=O)O)[C@@H]1CC[C@]2(C)C3=CC[C@H]4C(C)(C)C(=O)CC[C@]4(C)[C@H]3CC[C@@]12C. The number of aliphatic carboxylic acids is 1. The molecule has 1 unspecified atom stereocenters. The Kier molecular flexibility index (Phi) is 5.11. The summed E-state index contributed by atoms with van der Waals surface area (Å²) in [6.07, 6.45) is 11.4. The van der Waals surface area contributed by atoms with Crippen molar-refractivity contribution in [3.63, 3.8) is 0 Å². The molecule has 4 rings (SSSR count). The number of carbonyl (C=O) groups is 2. The van der Waals surface area contributed by atoms with Crippen LogP contribution in [0.5, 0.6) is 0 Å². The van der Waals surface area contributed by atoms with E-state index in [2.05, 4.69) is 47.6 Å². The van der Waals surface area contributed by atoms with Crippen LogP contribution in [0.2, 0.25) is 0 Å². The molecule has 4 aliphatic carbocycles. The van der Waals surface area contributed by atoms with E-state index in [1.54, 1.807) is 5.57 Å². The van der Waals surface area contributed by atoms with Crippen molar-refractivity contribution in [2.45, 2.75) is 99.3 Å². The first-order valence-corrected chi connectivity index (χ1v) is 12.3.